The van der Waals surface area contributed by atoms with Crippen LogP contribution in [0.2, 0.25) is 0 Å². The Hall–Kier alpha value is -3.28. The molecule has 1 amide bonds. The second kappa shape index (κ2) is 9.88. The Kier molecular flexibility index (Phi) is 7.24. The van der Waals surface area contributed by atoms with Crippen LogP contribution in [0.4, 0.5) is 0 Å². The lowest BCUT2D eigenvalue weighted by molar-refractivity contribution is -0.116. The van der Waals surface area contributed by atoms with Crippen molar-refractivity contribution < 1.29 is 19.0 Å². The number of pyridine rings is 1. The maximum absolute atomic E-state index is 12.0. The number of carbonyl (C=O) groups excluding carboxylic acids is 1. The molecule has 1 aromatic heterocycles. The van der Waals surface area contributed by atoms with Crippen LogP contribution in [-0.4, -0.2) is 31.7 Å². The molecule has 0 unspecified atom stereocenters. The number of ether oxygens (including phenoxy) is 3. The second-order valence-corrected chi connectivity index (χ2v) is 5.23. The lowest BCUT2D eigenvalue weighted by Gasteiger charge is -2.09. The first-order valence-corrected chi connectivity index (χ1v) is 8.03. The van der Waals surface area contributed by atoms with Gasteiger partial charge in [0.05, 0.1) is 14.2 Å². The lowest BCUT2D eigenvalue weighted by Crippen LogP contribution is -2.20. The van der Waals surface area contributed by atoms with Crippen molar-refractivity contribution >= 4 is 12.0 Å². The number of carbonyl (C=O) groups is 1. The number of amides is 1. The lowest BCUT2D eigenvalue weighted by atomic mass is 10.2. The van der Waals surface area contributed by atoms with Gasteiger partial charge in [-0.3, -0.25) is 4.79 Å². The van der Waals surface area contributed by atoms with Gasteiger partial charge in [-0.15, -0.1) is 0 Å². The zero-order chi connectivity index (χ0) is 18.8. The fraction of sp³-hybridized carbons (Fsp3) is 0.200. The van der Waals surface area contributed by atoms with Crippen LogP contribution in [0.5, 0.6) is 17.4 Å². The molecule has 0 radical (unpaired) electrons. The van der Waals surface area contributed by atoms with Gasteiger partial charge in [-0.1, -0.05) is 24.8 Å². The van der Waals surface area contributed by atoms with Crippen molar-refractivity contribution in [3.05, 3.63) is 66.4 Å². The SMILES string of the molecule is C=CCOc1ccc(/C=C/C(=O)NCc2cccnc2OC)cc1OC. The molecular weight excluding hydrogens is 332 g/mol. The van der Waals surface area contributed by atoms with Gasteiger partial charge in [0.25, 0.3) is 0 Å². The predicted molar refractivity (Wildman–Crippen MR) is 100 cm³/mol. The second-order valence-electron chi connectivity index (χ2n) is 5.23. The topological polar surface area (TPSA) is 69.7 Å². The van der Waals surface area contributed by atoms with Crippen molar-refractivity contribution in [1.29, 1.82) is 0 Å². The third kappa shape index (κ3) is 5.37. The molecule has 0 atom stereocenters. The van der Waals surface area contributed by atoms with E-state index in [1.54, 1.807) is 50.8 Å². The fourth-order valence-electron chi connectivity index (χ4n) is 2.21. The van der Waals surface area contributed by atoms with E-state index in [-0.39, 0.29) is 5.91 Å². The molecule has 0 bridgehead atoms. The molecule has 0 saturated heterocycles. The first-order chi connectivity index (χ1) is 12.7. The first kappa shape index (κ1) is 19.1. The highest BCUT2D eigenvalue weighted by Crippen LogP contribution is 2.28. The van der Waals surface area contributed by atoms with E-state index in [2.05, 4.69) is 16.9 Å². The summed E-state index contributed by atoms with van der Waals surface area (Å²) in [5.41, 5.74) is 1.63. The maximum Gasteiger partial charge on any atom is 0.244 e. The van der Waals surface area contributed by atoms with Crippen molar-refractivity contribution in [3.8, 4) is 17.4 Å². The molecular formula is C20H22N2O4. The molecule has 26 heavy (non-hydrogen) atoms. The number of rotatable bonds is 9. The van der Waals surface area contributed by atoms with Crippen LogP contribution in [0.1, 0.15) is 11.1 Å². The molecule has 136 valence electrons. The monoisotopic (exact) mass is 354 g/mol. The maximum atomic E-state index is 12.0. The van der Waals surface area contributed by atoms with Crippen LogP contribution in [0, 0.1) is 0 Å². The van der Waals surface area contributed by atoms with Crippen LogP contribution in [-0.2, 0) is 11.3 Å². The normalized spacial score (nSPS) is 10.4. The predicted octanol–water partition coefficient (Wildman–Crippen LogP) is 2.99. The van der Waals surface area contributed by atoms with Crippen molar-refractivity contribution in [2.75, 3.05) is 20.8 Å². The number of hydrogen-bond acceptors (Lipinski definition) is 5. The van der Waals surface area contributed by atoms with Gasteiger partial charge in [-0.2, -0.15) is 0 Å². The van der Waals surface area contributed by atoms with Crippen LogP contribution in [0.15, 0.2) is 55.3 Å². The van der Waals surface area contributed by atoms with E-state index < -0.39 is 0 Å². The average Bonchev–Trinajstić information content (AvgIpc) is 2.69. The van der Waals surface area contributed by atoms with Crippen LogP contribution < -0.4 is 19.5 Å². The first-order valence-electron chi connectivity index (χ1n) is 8.03. The molecule has 0 aliphatic rings. The van der Waals surface area contributed by atoms with Crippen molar-refractivity contribution in [1.82, 2.24) is 10.3 Å². The highest BCUT2D eigenvalue weighted by atomic mass is 16.5. The van der Waals surface area contributed by atoms with E-state index in [1.807, 2.05) is 12.1 Å². The molecule has 6 nitrogen and oxygen atoms in total. The number of methoxy groups -OCH3 is 2. The van der Waals surface area contributed by atoms with Gasteiger partial charge >= 0.3 is 0 Å². The third-order valence-corrected chi connectivity index (χ3v) is 3.47. The molecule has 2 aromatic rings. The molecule has 0 spiro atoms. The fourth-order valence-corrected chi connectivity index (χ4v) is 2.21. The average molecular weight is 354 g/mol. The van der Waals surface area contributed by atoms with Crippen molar-refractivity contribution in [2.24, 2.45) is 0 Å². The van der Waals surface area contributed by atoms with Crippen LogP contribution >= 0.6 is 0 Å². The van der Waals surface area contributed by atoms with Gasteiger partial charge in [0.2, 0.25) is 11.8 Å². The highest BCUT2D eigenvalue weighted by Gasteiger charge is 2.06. The summed E-state index contributed by atoms with van der Waals surface area (Å²) < 4.78 is 16.0. The summed E-state index contributed by atoms with van der Waals surface area (Å²) in [6, 6.07) is 9.08. The van der Waals surface area contributed by atoms with E-state index in [4.69, 9.17) is 14.2 Å². The zero-order valence-corrected chi connectivity index (χ0v) is 14.9. The zero-order valence-electron chi connectivity index (χ0n) is 14.9. The summed E-state index contributed by atoms with van der Waals surface area (Å²) in [6.07, 6.45) is 6.46. The molecule has 1 N–H and O–H groups in total. The number of hydrogen-bond donors (Lipinski definition) is 1. The third-order valence-electron chi connectivity index (χ3n) is 3.47. The summed E-state index contributed by atoms with van der Waals surface area (Å²) in [5, 5.41) is 2.80. The van der Waals surface area contributed by atoms with Gasteiger partial charge < -0.3 is 19.5 Å². The Morgan fingerprint density at radius 1 is 1.23 bits per heavy atom. The minimum atomic E-state index is -0.221. The smallest absolute Gasteiger partial charge is 0.244 e. The van der Waals surface area contributed by atoms with Crippen molar-refractivity contribution in [3.63, 3.8) is 0 Å². The molecule has 0 aliphatic heterocycles. The number of aromatic nitrogens is 1. The van der Waals surface area contributed by atoms with E-state index in [0.717, 1.165) is 11.1 Å². The minimum absolute atomic E-state index is 0.221. The van der Waals surface area contributed by atoms with Gasteiger partial charge in [0.1, 0.15) is 6.61 Å². The summed E-state index contributed by atoms with van der Waals surface area (Å²) in [7, 11) is 3.11. The van der Waals surface area contributed by atoms with Gasteiger partial charge in [0.15, 0.2) is 11.5 Å². The van der Waals surface area contributed by atoms with Gasteiger partial charge in [-0.25, -0.2) is 4.98 Å². The summed E-state index contributed by atoms with van der Waals surface area (Å²) in [5.74, 6) is 1.49. The van der Waals surface area contributed by atoms with E-state index >= 15 is 0 Å². The summed E-state index contributed by atoms with van der Waals surface area (Å²) >= 11 is 0. The Morgan fingerprint density at radius 2 is 2.08 bits per heavy atom. The van der Waals surface area contributed by atoms with E-state index in [9.17, 15) is 4.79 Å². The Morgan fingerprint density at radius 3 is 2.81 bits per heavy atom. The Bertz CT molecular complexity index is 787. The minimum Gasteiger partial charge on any atom is -0.493 e. The summed E-state index contributed by atoms with van der Waals surface area (Å²) in [6.45, 7) is 4.34. The molecule has 2 rings (SSSR count). The van der Waals surface area contributed by atoms with E-state index in [0.29, 0.717) is 30.5 Å². The van der Waals surface area contributed by atoms with E-state index in [1.165, 1.54) is 6.08 Å². The van der Waals surface area contributed by atoms with Gasteiger partial charge in [-0.05, 0) is 29.8 Å². The standard InChI is InChI=1S/C20H22N2O4/c1-4-12-26-17-9-7-15(13-18(17)24-2)8-10-19(23)22-14-16-6-5-11-21-20(16)25-3/h4-11,13H,1,12,14H2,2-3H3,(H,22,23)/b10-8+. The quantitative estimate of drug-likeness (QED) is 0.554. The number of nitrogens with zero attached hydrogens (tertiary/aromatic N) is 1. The Balaban J connectivity index is 1.97. The van der Waals surface area contributed by atoms with Gasteiger partial charge in [0, 0.05) is 24.4 Å². The molecule has 0 fully saturated rings. The molecule has 0 aliphatic carbocycles. The number of nitrogens with one attached hydrogen (secondary N) is 1. The molecule has 6 heteroatoms. The van der Waals surface area contributed by atoms with Crippen molar-refractivity contribution in [2.45, 2.75) is 6.54 Å². The largest absolute Gasteiger partial charge is 0.493 e. The molecule has 1 aromatic carbocycles. The Labute approximate surface area is 153 Å². The highest BCUT2D eigenvalue weighted by molar-refractivity contribution is 5.91. The van der Waals surface area contributed by atoms with Crippen LogP contribution in [0.25, 0.3) is 6.08 Å². The molecule has 0 saturated carbocycles. The summed E-state index contributed by atoms with van der Waals surface area (Å²) in [4.78, 5) is 16.1. The van der Waals surface area contributed by atoms with Crippen LogP contribution in [0.3, 0.4) is 0 Å². The number of benzene rings is 1. The molecule has 1 heterocycles.